The molecule has 1 atom stereocenters. The van der Waals surface area contributed by atoms with Crippen LogP contribution in [-0.2, 0) is 15.0 Å². The van der Waals surface area contributed by atoms with Gasteiger partial charge in [0.15, 0.2) is 0 Å². The van der Waals surface area contributed by atoms with Crippen LogP contribution in [0.5, 0.6) is 5.75 Å². The first-order valence-electron chi connectivity index (χ1n) is 10.3. The van der Waals surface area contributed by atoms with Crippen LogP contribution in [-0.4, -0.2) is 48.9 Å². The zero-order chi connectivity index (χ0) is 22.6. The van der Waals surface area contributed by atoms with Gasteiger partial charge in [0.25, 0.3) is 5.91 Å². The summed E-state index contributed by atoms with van der Waals surface area (Å²) in [5.41, 5.74) is 2.20. The molecule has 2 N–H and O–H groups in total. The smallest absolute Gasteiger partial charge is 0.254 e. The molecule has 7 nitrogen and oxygen atoms in total. The fraction of sp³-hybridized carbons (Fsp3) is 0.375. The normalized spacial score (nSPS) is 16.5. The molecule has 1 aliphatic rings. The summed E-state index contributed by atoms with van der Waals surface area (Å²) in [5.74, 6) is -0.236. The van der Waals surface area contributed by atoms with Gasteiger partial charge in [0.1, 0.15) is 11.8 Å². The molecule has 0 spiro atoms. The number of amides is 3. The second-order valence-electron chi connectivity index (χ2n) is 8.61. The first kappa shape index (κ1) is 22.3. The number of nitrogens with one attached hydrogen (secondary N) is 2. The Kier molecular flexibility index (Phi) is 6.63. The molecule has 7 heteroatoms. The van der Waals surface area contributed by atoms with Crippen LogP contribution in [0.3, 0.4) is 0 Å². The number of carbonyl (C=O) groups excluding carboxylic acids is 3. The molecule has 0 unspecified atom stereocenters. The number of ether oxygens (including phenoxy) is 1. The molecule has 2 aromatic carbocycles. The molecule has 0 bridgehead atoms. The van der Waals surface area contributed by atoms with E-state index in [9.17, 15) is 14.4 Å². The van der Waals surface area contributed by atoms with Crippen LogP contribution < -0.4 is 15.4 Å². The molecule has 0 saturated carbocycles. The monoisotopic (exact) mass is 423 g/mol. The topological polar surface area (TPSA) is 87.7 Å². The Bertz CT molecular complexity index is 946. The number of hydrogen-bond donors (Lipinski definition) is 2. The maximum Gasteiger partial charge on any atom is 0.254 e. The molecule has 0 aromatic heterocycles. The summed E-state index contributed by atoms with van der Waals surface area (Å²) >= 11 is 0. The van der Waals surface area contributed by atoms with E-state index in [1.165, 1.54) is 4.90 Å². The summed E-state index contributed by atoms with van der Waals surface area (Å²) in [6.07, 6.45) is -0.121. The van der Waals surface area contributed by atoms with E-state index in [1.54, 1.807) is 43.5 Å². The highest BCUT2D eigenvalue weighted by Gasteiger charge is 2.35. The number of methoxy groups -OCH3 is 1. The molecule has 3 amide bonds. The van der Waals surface area contributed by atoms with Crippen LogP contribution in [0, 0.1) is 0 Å². The molecular formula is C24H29N3O4. The Morgan fingerprint density at radius 3 is 2.32 bits per heavy atom. The molecule has 3 rings (SSSR count). The highest BCUT2D eigenvalue weighted by atomic mass is 16.5. The number of benzene rings is 2. The second-order valence-corrected chi connectivity index (χ2v) is 8.61. The fourth-order valence-corrected chi connectivity index (χ4v) is 3.50. The van der Waals surface area contributed by atoms with Crippen molar-refractivity contribution < 1.29 is 19.1 Å². The van der Waals surface area contributed by atoms with Crippen molar-refractivity contribution >= 4 is 23.4 Å². The van der Waals surface area contributed by atoms with Crippen molar-refractivity contribution in [3.8, 4) is 5.75 Å². The van der Waals surface area contributed by atoms with Crippen molar-refractivity contribution in [2.75, 3.05) is 25.5 Å². The minimum Gasteiger partial charge on any atom is -0.497 e. The minimum absolute atomic E-state index is 0.0192. The lowest BCUT2D eigenvalue weighted by atomic mass is 9.86. The van der Waals surface area contributed by atoms with E-state index in [2.05, 4.69) is 31.4 Å². The SMILES string of the molecule is COc1ccc(NC(=O)C[C@@H]2C(=O)NCCN2C(=O)c2ccc(C(C)(C)C)cc2)cc1. The Balaban J connectivity index is 1.72. The van der Waals surface area contributed by atoms with Gasteiger partial charge in [0.05, 0.1) is 13.5 Å². The van der Waals surface area contributed by atoms with E-state index in [1.807, 2.05) is 12.1 Å². The lowest BCUT2D eigenvalue weighted by Gasteiger charge is -2.35. The molecule has 0 aliphatic carbocycles. The largest absolute Gasteiger partial charge is 0.497 e. The van der Waals surface area contributed by atoms with Crippen molar-refractivity contribution in [2.45, 2.75) is 38.6 Å². The first-order chi connectivity index (χ1) is 14.7. The molecule has 1 aliphatic heterocycles. The fourth-order valence-electron chi connectivity index (χ4n) is 3.50. The van der Waals surface area contributed by atoms with Gasteiger partial charge in [-0.25, -0.2) is 0 Å². The van der Waals surface area contributed by atoms with Crippen molar-refractivity contribution in [2.24, 2.45) is 0 Å². The van der Waals surface area contributed by atoms with E-state index in [0.717, 1.165) is 5.56 Å². The summed E-state index contributed by atoms with van der Waals surface area (Å²) < 4.78 is 5.11. The predicted octanol–water partition coefficient (Wildman–Crippen LogP) is 2.96. The van der Waals surface area contributed by atoms with Crippen molar-refractivity contribution in [3.63, 3.8) is 0 Å². The average Bonchev–Trinajstić information content (AvgIpc) is 2.74. The zero-order valence-corrected chi connectivity index (χ0v) is 18.4. The van der Waals surface area contributed by atoms with Gasteiger partial charge in [-0.3, -0.25) is 14.4 Å². The van der Waals surface area contributed by atoms with Crippen LogP contribution >= 0.6 is 0 Å². The maximum atomic E-state index is 13.1. The van der Waals surface area contributed by atoms with Gasteiger partial charge in [-0.15, -0.1) is 0 Å². The third kappa shape index (κ3) is 5.42. The lowest BCUT2D eigenvalue weighted by Crippen LogP contribution is -2.58. The van der Waals surface area contributed by atoms with Crippen molar-refractivity contribution in [1.29, 1.82) is 0 Å². The lowest BCUT2D eigenvalue weighted by molar-refractivity contribution is -0.131. The Labute approximate surface area is 182 Å². The van der Waals surface area contributed by atoms with Gasteiger partial charge >= 0.3 is 0 Å². The van der Waals surface area contributed by atoms with Gasteiger partial charge in [-0.2, -0.15) is 0 Å². The number of carbonyl (C=O) groups is 3. The van der Waals surface area contributed by atoms with Crippen molar-refractivity contribution in [1.82, 2.24) is 10.2 Å². The quantitative estimate of drug-likeness (QED) is 0.774. The number of nitrogens with zero attached hydrogens (tertiary/aromatic N) is 1. The summed E-state index contributed by atoms with van der Waals surface area (Å²) in [5, 5.41) is 5.52. The summed E-state index contributed by atoms with van der Waals surface area (Å²) in [6, 6.07) is 13.5. The van der Waals surface area contributed by atoms with Gasteiger partial charge < -0.3 is 20.3 Å². The van der Waals surface area contributed by atoms with Gasteiger partial charge in [0, 0.05) is 24.3 Å². The van der Waals surface area contributed by atoms with Crippen LogP contribution in [0.25, 0.3) is 0 Å². The first-order valence-corrected chi connectivity index (χ1v) is 10.3. The number of anilines is 1. The Morgan fingerprint density at radius 1 is 1.10 bits per heavy atom. The van der Waals surface area contributed by atoms with Gasteiger partial charge in [0.2, 0.25) is 11.8 Å². The van der Waals surface area contributed by atoms with Crippen LogP contribution in [0.4, 0.5) is 5.69 Å². The second kappa shape index (κ2) is 9.20. The molecule has 0 radical (unpaired) electrons. The highest BCUT2D eigenvalue weighted by Crippen LogP contribution is 2.23. The van der Waals surface area contributed by atoms with Crippen molar-refractivity contribution in [3.05, 3.63) is 59.7 Å². The summed E-state index contributed by atoms with van der Waals surface area (Å²) in [4.78, 5) is 39.7. The molecule has 1 fully saturated rings. The summed E-state index contributed by atoms with van der Waals surface area (Å²) in [7, 11) is 1.57. The third-order valence-corrected chi connectivity index (χ3v) is 5.34. The molecule has 164 valence electrons. The molecular weight excluding hydrogens is 394 g/mol. The maximum absolute atomic E-state index is 13.1. The van der Waals surface area contributed by atoms with Gasteiger partial charge in [-0.05, 0) is 47.4 Å². The van der Waals surface area contributed by atoms with E-state index in [0.29, 0.717) is 30.1 Å². The van der Waals surface area contributed by atoms with E-state index in [4.69, 9.17) is 4.74 Å². The number of piperazine rings is 1. The molecule has 1 saturated heterocycles. The zero-order valence-electron chi connectivity index (χ0n) is 18.4. The van der Waals surface area contributed by atoms with E-state index in [-0.39, 0.29) is 29.6 Å². The third-order valence-electron chi connectivity index (χ3n) is 5.34. The van der Waals surface area contributed by atoms with E-state index < -0.39 is 6.04 Å². The summed E-state index contributed by atoms with van der Waals surface area (Å²) in [6.45, 7) is 7.04. The standard InChI is InChI=1S/C24H29N3O4/c1-24(2,3)17-7-5-16(6-8-17)23(30)27-14-13-25-22(29)20(27)15-21(28)26-18-9-11-19(31-4)12-10-18/h5-12,20H,13-15H2,1-4H3,(H,25,29)(H,26,28)/t20-/m1/s1. The van der Waals surface area contributed by atoms with E-state index >= 15 is 0 Å². The predicted molar refractivity (Wildman–Crippen MR) is 119 cm³/mol. The molecule has 31 heavy (non-hydrogen) atoms. The van der Waals surface area contributed by atoms with Crippen LogP contribution in [0.15, 0.2) is 48.5 Å². The van der Waals surface area contributed by atoms with Gasteiger partial charge in [-0.1, -0.05) is 32.9 Å². The highest BCUT2D eigenvalue weighted by molar-refractivity contribution is 6.01. The number of rotatable bonds is 5. The van der Waals surface area contributed by atoms with Crippen LogP contribution in [0.1, 0.15) is 43.1 Å². The molecule has 2 aromatic rings. The molecule has 1 heterocycles. The average molecular weight is 424 g/mol. The minimum atomic E-state index is -0.859. The number of hydrogen-bond acceptors (Lipinski definition) is 4. The Morgan fingerprint density at radius 2 is 1.74 bits per heavy atom. The Hall–Kier alpha value is -3.35. The van der Waals surface area contributed by atoms with Crippen LogP contribution in [0.2, 0.25) is 0 Å².